The van der Waals surface area contributed by atoms with Crippen molar-refractivity contribution in [3.05, 3.63) is 81.9 Å². The van der Waals surface area contributed by atoms with Crippen LogP contribution in [0.1, 0.15) is 12.5 Å². The molecule has 1 N–H and O–H groups in total. The summed E-state index contributed by atoms with van der Waals surface area (Å²) in [6.07, 6.45) is 1.80. The minimum atomic E-state index is -1.44. The minimum Gasteiger partial charge on any atom is -0.381 e. The monoisotopic (exact) mass is 373 g/mol. The van der Waals surface area contributed by atoms with Crippen LogP contribution in [0.2, 0.25) is 10.0 Å². The molecule has 25 heavy (non-hydrogen) atoms. The lowest BCUT2D eigenvalue weighted by Crippen LogP contribution is -2.50. The van der Waals surface area contributed by atoms with Gasteiger partial charge in [0.05, 0.1) is 6.54 Å². The number of anilines is 1. The molecule has 128 valence electrons. The molecule has 1 aliphatic rings. The van der Waals surface area contributed by atoms with Crippen molar-refractivity contribution in [3.8, 4) is 0 Å². The molecule has 0 radical (unpaired) electrons. The average Bonchev–Trinajstić information content (AvgIpc) is 2.57. The average molecular weight is 374 g/mol. The second-order valence-electron chi connectivity index (χ2n) is 6.11. The van der Waals surface area contributed by atoms with Gasteiger partial charge in [-0.15, -0.1) is 0 Å². The zero-order valence-corrected chi connectivity index (χ0v) is 15.2. The van der Waals surface area contributed by atoms with Gasteiger partial charge >= 0.3 is 0 Å². The van der Waals surface area contributed by atoms with Gasteiger partial charge in [-0.3, -0.25) is 4.79 Å². The van der Waals surface area contributed by atoms with Crippen LogP contribution in [-0.4, -0.2) is 23.2 Å². The number of hydrogen-bond donors (Lipinski definition) is 1. The van der Waals surface area contributed by atoms with E-state index in [1.807, 2.05) is 18.2 Å². The van der Waals surface area contributed by atoms with Crippen LogP contribution in [0.25, 0.3) is 6.08 Å². The van der Waals surface area contributed by atoms with Gasteiger partial charge in [0.1, 0.15) is 5.60 Å². The zero-order chi connectivity index (χ0) is 18.2. The molecule has 0 spiro atoms. The van der Waals surface area contributed by atoms with E-state index in [4.69, 9.17) is 23.2 Å². The normalized spacial score (nSPS) is 22.6. The minimum absolute atomic E-state index is 0.108. The van der Waals surface area contributed by atoms with Crippen molar-refractivity contribution in [3.63, 3.8) is 0 Å². The summed E-state index contributed by atoms with van der Waals surface area (Å²) in [6, 6.07) is 14.4. The predicted molar refractivity (Wildman–Crippen MR) is 103 cm³/mol. The van der Waals surface area contributed by atoms with E-state index in [9.17, 15) is 9.90 Å². The molecule has 2 aromatic carbocycles. The van der Waals surface area contributed by atoms with E-state index in [0.717, 1.165) is 5.56 Å². The van der Waals surface area contributed by atoms with E-state index in [-0.39, 0.29) is 18.0 Å². The SMILES string of the molecule is C=C1C(=O)N(c2cccc(Cl)c2)C/C(=C\c2ccccc2Cl)C1(C)O. The fourth-order valence-electron chi connectivity index (χ4n) is 2.78. The smallest absolute Gasteiger partial charge is 0.257 e. The summed E-state index contributed by atoms with van der Waals surface area (Å²) in [6.45, 7) is 5.61. The van der Waals surface area contributed by atoms with Crippen molar-refractivity contribution in [2.75, 3.05) is 11.4 Å². The van der Waals surface area contributed by atoms with Gasteiger partial charge in [0.25, 0.3) is 5.91 Å². The number of nitrogens with zero attached hydrogens (tertiary/aromatic N) is 1. The highest BCUT2D eigenvalue weighted by molar-refractivity contribution is 6.32. The van der Waals surface area contributed by atoms with Crippen LogP contribution in [0.5, 0.6) is 0 Å². The lowest BCUT2D eigenvalue weighted by Gasteiger charge is -2.39. The first-order valence-corrected chi connectivity index (χ1v) is 8.51. The van der Waals surface area contributed by atoms with Gasteiger partial charge in [0.15, 0.2) is 0 Å². The van der Waals surface area contributed by atoms with Crippen molar-refractivity contribution in [1.82, 2.24) is 0 Å². The Labute approximate surface area is 156 Å². The highest BCUT2D eigenvalue weighted by Gasteiger charge is 2.41. The van der Waals surface area contributed by atoms with Crippen molar-refractivity contribution in [1.29, 1.82) is 0 Å². The highest BCUT2D eigenvalue weighted by Crippen LogP contribution is 2.36. The molecule has 1 aliphatic heterocycles. The van der Waals surface area contributed by atoms with Crippen LogP contribution >= 0.6 is 23.2 Å². The summed E-state index contributed by atoms with van der Waals surface area (Å²) in [7, 11) is 0. The standard InChI is InChI=1S/C20H17Cl2NO2/c1-13-19(24)23(17-8-5-7-16(21)11-17)12-15(20(13,2)25)10-14-6-3-4-9-18(14)22/h3-11,25H,1,12H2,2H3/b15-10+. The summed E-state index contributed by atoms with van der Waals surface area (Å²) in [5.74, 6) is -0.330. The summed E-state index contributed by atoms with van der Waals surface area (Å²) >= 11 is 12.3. The van der Waals surface area contributed by atoms with Crippen LogP contribution < -0.4 is 4.90 Å². The number of aliphatic hydroxyl groups is 1. The highest BCUT2D eigenvalue weighted by atomic mass is 35.5. The lowest BCUT2D eigenvalue weighted by molar-refractivity contribution is -0.117. The van der Waals surface area contributed by atoms with Gasteiger partial charge in [0, 0.05) is 21.3 Å². The van der Waals surface area contributed by atoms with Crippen molar-refractivity contribution >= 4 is 40.9 Å². The predicted octanol–water partition coefficient (Wildman–Crippen LogP) is 4.73. The van der Waals surface area contributed by atoms with Gasteiger partial charge in [0.2, 0.25) is 0 Å². The molecule has 1 unspecified atom stereocenters. The van der Waals surface area contributed by atoms with E-state index in [0.29, 0.717) is 21.3 Å². The maximum Gasteiger partial charge on any atom is 0.257 e. The Balaban J connectivity index is 2.07. The molecule has 5 heteroatoms. The number of benzene rings is 2. The Hall–Kier alpha value is -2.07. The van der Waals surface area contributed by atoms with Crippen LogP contribution in [0.4, 0.5) is 5.69 Å². The van der Waals surface area contributed by atoms with E-state index in [1.165, 1.54) is 0 Å². The molecule has 1 fully saturated rings. The Kier molecular flexibility index (Phi) is 4.74. The number of amides is 1. The van der Waals surface area contributed by atoms with Crippen molar-refractivity contribution in [2.45, 2.75) is 12.5 Å². The summed E-state index contributed by atoms with van der Waals surface area (Å²) < 4.78 is 0. The number of carbonyl (C=O) groups is 1. The van der Waals surface area contributed by atoms with Crippen LogP contribution in [0.15, 0.2) is 66.3 Å². The largest absolute Gasteiger partial charge is 0.381 e. The molecule has 1 heterocycles. The van der Waals surface area contributed by atoms with Gasteiger partial charge in [-0.2, -0.15) is 0 Å². The number of rotatable bonds is 2. The van der Waals surface area contributed by atoms with E-state index < -0.39 is 5.60 Å². The maximum atomic E-state index is 12.7. The van der Waals surface area contributed by atoms with Crippen molar-refractivity contribution < 1.29 is 9.90 Å². The fourth-order valence-corrected chi connectivity index (χ4v) is 3.15. The third-order valence-corrected chi connectivity index (χ3v) is 4.98. The summed E-state index contributed by atoms with van der Waals surface area (Å²) in [5.41, 5.74) is 0.722. The van der Waals surface area contributed by atoms with Gasteiger partial charge in [-0.05, 0) is 48.4 Å². The Morgan fingerprint density at radius 3 is 2.60 bits per heavy atom. The van der Waals surface area contributed by atoms with Crippen LogP contribution in [0.3, 0.4) is 0 Å². The fraction of sp³-hybridized carbons (Fsp3) is 0.150. The van der Waals surface area contributed by atoms with E-state index >= 15 is 0 Å². The Morgan fingerprint density at radius 1 is 1.20 bits per heavy atom. The molecule has 2 aromatic rings. The molecular weight excluding hydrogens is 357 g/mol. The van der Waals surface area contributed by atoms with Crippen molar-refractivity contribution in [2.24, 2.45) is 0 Å². The molecule has 1 atom stereocenters. The molecule has 0 aromatic heterocycles. The molecule has 0 bridgehead atoms. The number of carbonyl (C=O) groups excluding carboxylic acids is 1. The summed E-state index contributed by atoms with van der Waals surface area (Å²) in [4.78, 5) is 14.2. The number of piperidine rings is 1. The van der Waals surface area contributed by atoms with Gasteiger partial charge in [-0.1, -0.05) is 54.0 Å². The Morgan fingerprint density at radius 2 is 1.92 bits per heavy atom. The molecule has 0 saturated carbocycles. The zero-order valence-electron chi connectivity index (χ0n) is 13.7. The third kappa shape index (κ3) is 3.36. The molecule has 3 rings (SSSR count). The third-order valence-electron chi connectivity index (χ3n) is 4.40. The van der Waals surface area contributed by atoms with E-state index in [2.05, 4.69) is 6.58 Å². The molecule has 3 nitrogen and oxygen atoms in total. The van der Waals surface area contributed by atoms with Crippen LogP contribution in [0, 0.1) is 0 Å². The van der Waals surface area contributed by atoms with Crippen LogP contribution in [-0.2, 0) is 4.79 Å². The lowest BCUT2D eigenvalue weighted by atomic mass is 9.82. The maximum absolute atomic E-state index is 12.7. The number of hydrogen-bond acceptors (Lipinski definition) is 2. The molecular formula is C20H17Cl2NO2. The first-order chi connectivity index (χ1) is 11.8. The topological polar surface area (TPSA) is 40.5 Å². The first-order valence-electron chi connectivity index (χ1n) is 7.75. The Bertz CT molecular complexity index is 887. The quantitative estimate of drug-likeness (QED) is 0.772. The van der Waals surface area contributed by atoms with Gasteiger partial charge < -0.3 is 10.0 Å². The second-order valence-corrected chi connectivity index (χ2v) is 6.96. The van der Waals surface area contributed by atoms with E-state index in [1.54, 1.807) is 48.2 Å². The second kappa shape index (κ2) is 6.68. The molecule has 1 saturated heterocycles. The molecule has 0 aliphatic carbocycles. The first kappa shape index (κ1) is 17.7. The van der Waals surface area contributed by atoms with Gasteiger partial charge in [-0.25, -0.2) is 0 Å². The number of halogens is 2. The molecule has 1 amide bonds. The summed E-state index contributed by atoms with van der Waals surface area (Å²) in [5, 5.41) is 12.0.